The number of esters is 1. The summed E-state index contributed by atoms with van der Waals surface area (Å²) in [5.41, 5.74) is -0.340. The largest absolute Gasteiger partial charge is 0.465 e. The lowest BCUT2D eigenvalue weighted by Gasteiger charge is -2.35. The normalized spacial score (nSPS) is 61.5. The highest BCUT2D eigenvalue weighted by Crippen LogP contribution is 2.63. The Kier molecular flexibility index (Phi) is 1.39. The van der Waals surface area contributed by atoms with Crippen molar-refractivity contribution in [1.29, 1.82) is 0 Å². The van der Waals surface area contributed by atoms with Crippen molar-refractivity contribution >= 4 is 5.97 Å². The monoisotopic (exact) mass is 234 g/mol. The maximum atomic E-state index is 12.0. The van der Waals surface area contributed by atoms with Crippen molar-refractivity contribution in [3.05, 3.63) is 12.2 Å². The van der Waals surface area contributed by atoms with Crippen molar-refractivity contribution in [1.82, 2.24) is 0 Å². The zero-order chi connectivity index (χ0) is 11.2. The summed E-state index contributed by atoms with van der Waals surface area (Å²) in [7, 11) is 0. The van der Waals surface area contributed by atoms with Gasteiger partial charge in [-0.05, 0) is 6.42 Å². The minimum absolute atomic E-state index is 0.0322. The molecule has 1 spiro atoms. The van der Waals surface area contributed by atoms with Gasteiger partial charge in [0, 0.05) is 18.3 Å². The van der Waals surface area contributed by atoms with Gasteiger partial charge in [-0.2, -0.15) is 0 Å². The van der Waals surface area contributed by atoms with E-state index >= 15 is 0 Å². The summed E-state index contributed by atoms with van der Waals surface area (Å²) in [5.74, 6) is 0.832. The molecule has 5 heterocycles. The highest BCUT2D eigenvalue weighted by molar-refractivity contribution is 5.80. The Labute approximate surface area is 98.9 Å². The smallest absolute Gasteiger partial charge is 0.314 e. The van der Waals surface area contributed by atoms with E-state index in [2.05, 4.69) is 12.2 Å². The third kappa shape index (κ3) is 0.828. The summed E-state index contributed by atoms with van der Waals surface area (Å²) in [6.07, 6.45) is 6.62. The van der Waals surface area contributed by atoms with E-state index in [1.165, 1.54) is 0 Å². The number of hydrogen-bond donors (Lipinski definition) is 0. The first-order valence-electron chi connectivity index (χ1n) is 6.46. The third-order valence-electron chi connectivity index (χ3n) is 5.41. The third-order valence-corrected chi connectivity index (χ3v) is 5.41. The molecular weight excluding hydrogens is 220 g/mol. The molecule has 4 nitrogen and oxygen atoms in total. The standard InChI is InChI=1S/C13H14O4/c14-12-13(3-4-15-12)5-8-9-6-1-2-7(16-6)10(9)11(13)17-8/h1-2,6-11H,3-5H2. The molecule has 7 atom stereocenters. The first-order valence-corrected chi connectivity index (χ1v) is 6.46. The fourth-order valence-electron chi connectivity index (χ4n) is 4.74. The average molecular weight is 234 g/mol. The highest BCUT2D eigenvalue weighted by atomic mass is 16.6. The molecule has 5 aliphatic heterocycles. The summed E-state index contributed by atoms with van der Waals surface area (Å²) in [6.45, 7) is 0.563. The van der Waals surface area contributed by atoms with Crippen LogP contribution in [0, 0.1) is 17.3 Å². The molecular formula is C13H14O4. The Balaban J connectivity index is 1.60. The molecule has 0 saturated carbocycles. The Morgan fingerprint density at radius 2 is 2.00 bits per heavy atom. The van der Waals surface area contributed by atoms with E-state index in [4.69, 9.17) is 14.2 Å². The Bertz CT molecular complexity index is 445. The molecule has 0 aromatic heterocycles. The van der Waals surface area contributed by atoms with E-state index < -0.39 is 0 Å². The molecule has 4 saturated heterocycles. The molecule has 0 amide bonds. The number of cyclic esters (lactones) is 1. The molecule has 0 aliphatic carbocycles. The maximum Gasteiger partial charge on any atom is 0.314 e. The molecule has 0 aromatic carbocycles. The summed E-state index contributed by atoms with van der Waals surface area (Å²) in [4.78, 5) is 12.0. The van der Waals surface area contributed by atoms with Crippen molar-refractivity contribution < 1.29 is 19.0 Å². The van der Waals surface area contributed by atoms with Crippen LogP contribution in [0.15, 0.2) is 12.2 Å². The number of carbonyl (C=O) groups excluding carboxylic acids is 1. The number of fused-ring (bicyclic) bond motifs is 10. The summed E-state index contributed by atoms with van der Waals surface area (Å²) in [6, 6.07) is 0. The Morgan fingerprint density at radius 3 is 2.76 bits per heavy atom. The topological polar surface area (TPSA) is 44.8 Å². The lowest BCUT2D eigenvalue weighted by molar-refractivity contribution is -0.150. The molecule has 5 aliphatic rings. The molecule has 7 unspecified atom stereocenters. The second-order valence-electron chi connectivity index (χ2n) is 5.95. The quantitative estimate of drug-likeness (QED) is 0.456. The SMILES string of the molecule is O=C1OCCC12CC1OC2C2C3C=CC(O3)C12. The molecule has 0 radical (unpaired) electrons. The van der Waals surface area contributed by atoms with Gasteiger partial charge in [-0.15, -0.1) is 0 Å². The van der Waals surface area contributed by atoms with Gasteiger partial charge in [0.15, 0.2) is 0 Å². The summed E-state index contributed by atoms with van der Waals surface area (Å²) < 4.78 is 17.2. The van der Waals surface area contributed by atoms with Crippen LogP contribution in [0.2, 0.25) is 0 Å². The lowest BCUT2D eigenvalue weighted by Crippen LogP contribution is -2.47. The van der Waals surface area contributed by atoms with Crippen LogP contribution in [0.4, 0.5) is 0 Å². The van der Waals surface area contributed by atoms with Gasteiger partial charge in [0.05, 0.1) is 31.0 Å². The fourth-order valence-corrected chi connectivity index (χ4v) is 4.74. The van der Waals surface area contributed by atoms with Crippen LogP contribution in [-0.2, 0) is 19.0 Å². The van der Waals surface area contributed by atoms with Crippen LogP contribution in [0.1, 0.15) is 12.8 Å². The molecule has 5 rings (SSSR count). The van der Waals surface area contributed by atoms with Gasteiger partial charge in [-0.3, -0.25) is 4.79 Å². The van der Waals surface area contributed by atoms with E-state index in [-0.39, 0.29) is 35.8 Å². The van der Waals surface area contributed by atoms with Crippen molar-refractivity contribution in [3.63, 3.8) is 0 Å². The van der Waals surface area contributed by atoms with Crippen molar-refractivity contribution in [3.8, 4) is 0 Å². The van der Waals surface area contributed by atoms with Gasteiger partial charge in [0.1, 0.15) is 5.41 Å². The first kappa shape index (κ1) is 9.11. The van der Waals surface area contributed by atoms with Crippen LogP contribution >= 0.6 is 0 Å². The predicted molar refractivity (Wildman–Crippen MR) is 56.1 cm³/mol. The summed E-state index contributed by atoms with van der Waals surface area (Å²) in [5, 5.41) is 0. The van der Waals surface area contributed by atoms with Crippen molar-refractivity contribution in [2.24, 2.45) is 17.3 Å². The highest BCUT2D eigenvalue weighted by Gasteiger charge is 2.72. The van der Waals surface area contributed by atoms with Gasteiger partial charge in [0.25, 0.3) is 0 Å². The second-order valence-corrected chi connectivity index (χ2v) is 5.95. The van der Waals surface area contributed by atoms with Crippen LogP contribution in [0.5, 0.6) is 0 Å². The number of ether oxygens (including phenoxy) is 3. The van der Waals surface area contributed by atoms with E-state index in [1.54, 1.807) is 0 Å². The van der Waals surface area contributed by atoms with E-state index in [1.807, 2.05) is 0 Å². The molecule has 4 fully saturated rings. The molecule has 0 N–H and O–H groups in total. The van der Waals surface area contributed by atoms with Gasteiger partial charge >= 0.3 is 5.97 Å². The summed E-state index contributed by atoms with van der Waals surface area (Å²) >= 11 is 0. The van der Waals surface area contributed by atoms with Crippen LogP contribution in [0.3, 0.4) is 0 Å². The lowest BCUT2D eigenvalue weighted by atomic mass is 9.62. The van der Waals surface area contributed by atoms with Gasteiger partial charge in [0.2, 0.25) is 0 Å². The van der Waals surface area contributed by atoms with Crippen LogP contribution in [-0.4, -0.2) is 37.0 Å². The Morgan fingerprint density at radius 1 is 1.18 bits per heavy atom. The number of hydrogen-bond acceptors (Lipinski definition) is 4. The minimum Gasteiger partial charge on any atom is -0.465 e. The fraction of sp³-hybridized carbons (Fsp3) is 0.769. The molecule has 90 valence electrons. The predicted octanol–water partition coefficient (Wildman–Crippen LogP) is 0.660. The molecule has 0 aromatic rings. The van der Waals surface area contributed by atoms with Crippen molar-refractivity contribution in [2.45, 2.75) is 37.3 Å². The zero-order valence-corrected chi connectivity index (χ0v) is 9.37. The minimum atomic E-state index is -0.340. The average Bonchev–Trinajstić information content (AvgIpc) is 3.07. The zero-order valence-electron chi connectivity index (χ0n) is 9.37. The van der Waals surface area contributed by atoms with Crippen LogP contribution < -0.4 is 0 Å². The van der Waals surface area contributed by atoms with E-state index in [0.29, 0.717) is 18.4 Å². The van der Waals surface area contributed by atoms with Crippen LogP contribution in [0.25, 0.3) is 0 Å². The van der Waals surface area contributed by atoms with Gasteiger partial charge in [-0.1, -0.05) is 12.2 Å². The van der Waals surface area contributed by atoms with E-state index in [0.717, 1.165) is 12.8 Å². The number of rotatable bonds is 0. The molecule has 4 heteroatoms. The molecule has 4 bridgehead atoms. The Hall–Kier alpha value is -0.870. The molecule has 17 heavy (non-hydrogen) atoms. The first-order chi connectivity index (χ1) is 8.29. The van der Waals surface area contributed by atoms with E-state index in [9.17, 15) is 4.79 Å². The van der Waals surface area contributed by atoms with Gasteiger partial charge in [-0.25, -0.2) is 0 Å². The van der Waals surface area contributed by atoms with Gasteiger partial charge < -0.3 is 14.2 Å². The number of carbonyl (C=O) groups is 1. The second kappa shape index (κ2) is 2.59. The maximum absolute atomic E-state index is 12.0. The van der Waals surface area contributed by atoms with Crippen molar-refractivity contribution in [2.75, 3.05) is 6.61 Å².